The highest BCUT2D eigenvalue weighted by Crippen LogP contribution is 2.10. The summed E-state index contributed by atoms with van der Waals surface area (Å²) >= 11 is 0. The first-order valence-electron chi connectivity index (χ1n) is 4.82. The van der Waals surface area contributed by atoms with Crippen LogP contribution in [-0.4, -0.2) is 29.8 Å². The Hall–Kier alpha value is -1.29. The zero-order valence-electron chi connectivity index (χ0n) is 8.62. The summed E-state index contributed by atoms with van der Waals surface area (Å²) in [5, 5.41) is 15.1. The lowest BCUT2D eigenvalue weighted by atomic mass is 10.2. The van der Waals surface area contributed by atoms with Gasteiger partial charge in [0.1, 0.15) is 11.6 Å². The van der Waals surface area contributed by atoms with E-state index in [9.17, 15) is 0 Å². The lowest BCUT2D eigenvalue weighted by Gasteiger charge is -2.14. The fourth-order valence-corrected chi connectivity index (χ4v) is 1.14. The van der Waals surface area contributed by atoms with Crippen molar-refractivity contribution in [3.05, 3.63) is 18.2 Å². The third-order valence-corrected chi connectivity index (χ3v) is 2.07. The van der Waals surface area contributed by atoms with E-state index in [2.05, 4.69) is 15.6 Å². The van der Waals surface area contributed by atoms with Gasteiger partial charge in [0, 0.05) is 7.05 Å². The minimum absolute atomic E-state index is 0.0783. The Morgan fingerprint density at radius 1 is 1.43 bits per heavy atom. The second-order valence-electron chi connectivity index (χ2n) is 3.09. The van der Waals surface area contributed by atoms with E-state index >= 15 is 0 Å². The molecule has 0 amide bonds. The molecular formula is C10H17N3O. The van der Waals surface area contributed by atoms with Gasteiger partial charge in [0.05, 0.1) is 12.6 Å². The summed E-state index contributed by atoms with van der Waals surface area (Å²) in [4.78, 5) is 4.29. The van der Waals surface area contributed by atoms with Gasteiger partial charge >= 0.3 is 0 Å². The number of aromatic nitrogens is 1. The van der Waals surface area contributed by atoms with Gasteiger partial charge in [-0.25, -0.2) is 4.98 Å². The van der Waals surface area contributed by atoms with Gasteiger partial charge < -0.3 is 15.7 Å². The molecule has 0 aromatic carbocycles. The number of hydrogen-bond acceptors (Lipinski definition) is 4. The first kappa shape index (κ1) is 10.8. The largest absolute Gasteiger partial charge is 0.394 e. The number of nitrogens with one attached hydrogen (secondary N) is 2. The normalized spacial score (nSPS) is 12.2. The lowest BCUT2D eigenvalue weighted by molar-refractivity contribution is 0.271. The van der Waals surface area contributed by atoms with Gasteiger partial charge in [0.25, 0.3) is 0 Å². The van der Waals surface area contributed by atoms with Crippen LogP contribution in [0.1, 0.15) is 13.3 Å². The molecule has 0 spiro atoms. The predicted octanol–water partition coefficient (Wildman–Crippen LogP) is 1.31. The van der Waals surface area contributed by atoms with Gasteiger partial charge in [-0.3, -0.25) is 0 Å². The maximum atomic E-state index is 9.01. The molecule has 0 aliphatic rings. The number of nitrogens with zero attached hydrogens (tertiary/aromatic N) is 1. The van der Waals surface area contributed by atoms with Gasteiger partial charge in [-0.1, -0.05) is 13.0 Å². The van der Waals surface area contributed by atoms with Crippen LogP contribution in [0.3, 0.4) is 0 Å². The van der Waals surface area contributed by atoms with Crippen LogP contribution in [0.5, 0.6) is 0 Å². The molecule has 1 atom stereocenters. The molecule has 0 aliphatic heterocycles. The van der Waals surface area contributed by atoms with Crippen molar-refractivity contribution in [1.29, 1.82) is 0 Å². The van der Waals surface area contributed by atoms with Crippen molar-refractivity contribution in [3.8, 4) is 0 Å². The highest BCUT2D eigenvalue weighted by molar-refractivity contribution is 5.45. The van der Waals surface area contributed by atoms with Crippen LogP contribution in [0.4, 0.5) is 11.6 Å². The Bertz CT molecular complexity index is 274. The number of hydrogen-bond donors (Lipinski definition) is 3. The van der Waals surface area contributed by atoms with Crippen LogP contribution in [0.15, 0.2) is 18.2 Å². The van der Waals surface area contributed by atoms with Crippen LogP contribution in [0, 0.1) is 0 Å². The molecule has 0 aliphatic carbocycles. The molecule has 0 saturated heterocycles. The molecule has 14 heavy (non-hydrogen) atoms. The van der Waals surface area contributed by atoms with E-state index in [-0.39, 0.29) is 12.6 Å². The third kappa shape index (κ3) is 2.88. The monoisotopic (exact) mass is 195 g/mol. The number of pyridine rings is 1. The third-order valence-electron chi connectivity index (χ3n) is 2.07. The number of rotatable bonds is 5. The van der Waals surface area contributed by atoms with Crippen LogP contribution in [-0.2, 0) is 0 Å². The Labute approximate surface area is 84.4 Å². The maximum Gasteiger partial charge on any atom is 0.128 e. The fourth-order valence-electron chi connectivity index (χ4n) is 1.14. The zero-order chi connectivity index (χ0) is 10.4. The molecule has 4 heteroatoms. The van der Waals surface area contributed by atoms with Gasteiger partial charge in [0.15, 0.2) is 0 Å². The van der Waals surface area contributed by atoms with Crippen molar-refractivity contribution in [2.75, 3.05) is 24.3 Å². The van der Waals surface area contributed by atoms with E-state index < -0.39 is 0 Å². The van der Waals surface area contributed by atoms with Crippen LogP contribution in [0.2, 0.25) is 0 Å². The molecule has 1 rings (SSSR count). The Morgan fingerprint density at radius 3 is 2.71 bits per heavy atom. The fraction of sp³-hybridized carbons (Fsp3) is 0.500. The summed E-state index contributed by atoms with van der Waals surface area (Å²) in [6.07, 6.45) is 0.877. The number of anilines is 2. The van der Waals surface area contributed by atoms with E-state index in [1.807, 2.05) is 32.2 Å². The summed E-state index contributed by atoms with van der Waals surface area (Å²) in [6, 6.07) is 5.78. The molecule has 78 valence electrons. The smallest absolute Gasteiger partial charge is 0.128 e. The lowest BCUT2D eigenvalue weighted by Crippen LogP contribution is -2.23. The van der Waals surface area contributed by atoms with Gasteiger partial charge in [-0.2, -0.15) is 0 Å². The van der Waals surface area contributed by atoms with Gasteiger partial charge in [-0.05, 0) is 18.6 Å². The van der Waals surface area contributed by atoms with E-state index in [1.165, 1.54) is 0 Å². The molecule has 1 unspecified atom stereocenters. The molecule has 0 bridgehead atoms. The number of aliphatic hydroxyl groups is 1. The van der Waals surface area contributed by atoms with Crippen molar-refractivity contribution in [2.45, 2.75) is 19.4 Å². The van der Waals surface area contributed by atoms with Crippen LogP contribution < -0.4 is 10.6 Å². The number of aliphatic hydroxyl groups excluding tert-OH is 1. The van der Waals surface area contributed by atoms with E-state index in [4.69, 9.17) is 5.11 Å². The second-order valence-corrected chi connectivity index (χ2v) is 3.09. The van der Waals surface area contributed by atoms with Crippen molar-refractivity contribution in [3.63, 3.8) is 0 Å². The standard InChI is InChI=1S/C10H17N3O/c1-3-8(7-14)12-10-6-4-5-9(11-2)13-10/h4-6,8,14H,3,7H2,1-2H3,(H2,11,12,13). The molecule has 4 nitrogen and oxygen atoms in total. The first-order chi connectivity index (χ1) is 6.80. The Morgan fingerprint density at radius 2 is 2.14 bits per heavy atom. The van der Waals surface area contributed by atoms with Crippen LogP contribution in [0.25, 0.3) is 0 Å². The Balaban J connectivity index is 2.65. The Kier molecular flexibility index (Phi) is 4.19. The summed E-state index contributed by atoms with van der Waals surface area (Å²) in [5.74, 6) is 1.61. The average Bonchev–Trinajstić information content (AvgIpc) is 2.26. The van der Waals surface area contributed by atoms with Crippen molar-refractivity contribution < 1.29 is 5.11 Å². The molecule has 1 heterocycles. The quantitative estimate of drug-likeness (QED) is 0.663. The second kappa shape index (κ2) is 5.44. The van der Waals surface area contributed by atoms with Gasteiger partial charge in [-0.15, -0.1) is 0 Å². The zero-order valence-corrected chi connectivity index (χ0v) is 8.62. The summed E-state index contributed by atoms with van der Waals surface area (Å²) in [6.45, 7) is 2.15. The summed E-state index contributed by atoms with van der Waals surface area (Å²) < 4.78 is 0. The summed E-state index contributed by atoms with van der Waals surface area (Å²) in [5.41, 5.74) is 0. The van der Waals surface area contributed by atoms with E-state index in [0.717, 1.165) is 18.1 Å². The predicted molar refractivity (Wildman–Crippen MR) is 58.6 cm³/mol. The average molecular weight is 195 g/mol. The molecule has 1 aromatic heterocycles. The minimum atomic E-state index is 0.0783. The SMILES string of the molecule is CCC(CO)Nc1cccc(NC)n1. The van der Waals surface area contributed by atoms with Crippen molar-refractivity contribution in [1.82, 2.24) is 4.98 Å². The molecule has 0 saturated carbocycles. The highest BCUT2D eigenvalue weighted by Gasteiger charge is 2.04. The molecular weight excluding hydrogens is 178 g/mol. The molecule has 1 aromatic rings. The first-order valence-corrected chi connectivity index (χ1v) is 4.82. The molecule has 0 fully saturated rings. The molecule has 0 radical (unpaired) electrons. The van der Waals surface area contributed by atoms with E-state index in [1.54, 1.807) is 0 Å². The van der Waals surface area contributed by atoms with Crippen molar-refractivity contribution >= 4 is 11.6 Å². The minimum Gasteiger partial charge on any atom is -0.394 e. The van der Waals surface area contributed by atoms with Crippen LogP contribution >= 0.6 is 0 Å². The summed E-state index contributed by atoms with van der Waals surface area (Å²) in [7, 11) is 1.83. The van der Waals surface area contributed by atoms with Crippen molar-refractivity contribution in [2.24, 2.45) is 0 Å². The topological polar surface area (TPSA) is 57.2 Å². The maximum absolute atomic E-state index is 9.01. The van der Waals surface area contributed by atoms with Gasteiger partial charge in [0.2, 0.25) is 0 Å². The van der Waals surface area contributed by atoms with E-state index in [0.29, 0.717) is 0 Å². The molecule has 3 N–H and O–H groups in total. The highest BCUT2D eigenvalue weighted by atomic mass is 16.3.